The molecule has 0 aromatic carbocycles. The topological polar surface area (TPSA) is 32.3 Å². The number of aromatic nitrogens is 2. The Balaban J connectivity index is 1.96. The van der Waals surface area contributed by atoms with Crippen molar-refractivity contribution >= 4 is 17.4 Å². The van der Waals surface area contributed by atoms with Crippen LogP contribution in [0.4, 0.5) is 19.0 Å². The minimum absolute atomic E-state index is 0.347. The number of hydrogen-bond acceptors (Lipinski definition) is 4. The van der Waals surface area contributed by atoms with E-state index in [0.717, 1.165) is 0 Å². The van der Waals surface area contributed by atoms with E-state index in [-0.39, 0.29) is 0 Å². The molecule has 106 valence electrons. The number of piperazine rings is 1. The van der Waals surface area contributed by atoms with Crippen molar-refractivity contribution in [2.75, 3.05) is 37.6 Å². The van der Waals surface area contributed by atoms with E-state index in [4.69, 9.17) is 11.6 Å². The molecule has 0 amide bonds. The molecule has 0 spiro atoms. The van der Waals surface area contributed by atoms with Crippen molar-refractivity contribution < 1.29 is 13.2 Å². The van der Waals surface area contributed by atoms with Crippen molar-refractivity contribution in [1.82, 2.24) is 14.9 Å². The Morgan fingerprint density at radius 1 is 1.21 bits per heavy atom. The van der Waals surface area contributed by atoms with Crippen molar-refractivity contribution in [3.63, 3.8) is 0 Å². The van der Waals surface area contributed by atoms with E-state index in [1.54, 1.807) is 13.0 Å². The molecule has 1 aromatic heterocycles. The van der Waals surface area contributed by atoms with Crippen LogP contribution in [0.15, 0.2) is 6.07 Å². The summed E-state index contributed by atoms with van der Waals surface area (Å²) in [6.45, 7) is 2.60. The highest BCUT2D eigenvalue weighted by atomic mass is 35.5. The molecule has 19 heavy (non-hydrogen) atoms. The average molecular weight is 295 g/mol. The second-order valence-electron chi connectivity index (χ2n) is 4.47. The molecular weight excluding hydrogens is 281 g/mol. The molecule has 0 unspecified atom stereocenters. The summed E-state index contributed by atoms with van der Waals surface area (Å²) in [4.78, 5) is 11.5. The molecule has 1 aliphatic rings. The normalized spacial score (nSPS) is 17.8. The first-order valence-corrected chi connectivity index (χ1v) is 6.26. The van der Waals surface area contributed by atoms with Gasteiger partial charge in [0.2, 0.25) is 0 Å². The quantitative estimate of drug-likeness (QED) is 0.782. The van der Waals surface area contributed by atoms with Crippen molar-refractivity contribution in [2.24, 2.45) is 0 Å². The van der Waals surface area contributed by atoms with E-state index in [1.165, 1.54) is 4.90 Å². The van der Waals surface area contributed by atoms with Gasteiger partial charge in [-0.25, -0.2) is 9.97 Å². The molecule has 1 aliphatic heterocycles. The number of rotatable bonds is 2. The van der Waals surface area contributed by atoms with Gasteiger partial charge in [-0.3, -0.25) is 4.90 Å². The summed E-state index contributed by atoms with van der Waals surface area (Å²) >= 11 is 5.85. The molecule has 1 fully saturated rings. The summed E-state index contributed by atoms with van der Waals surface area (Å²) in [6.07, 6.45) is -4.14. The first-order chi connectivity index (χ1) is 8.83. The van der Waals surface area contributed by atoms with Crippen molar-refractivity contribution in [3.05, 3.63) is 17.0 Å². The van der Waals surface area contributed by atoms with Gasteiger partial charge in [0.25, 0.3) is 0 Å². The van der Waals surface area contributed by atoms with Gasteiger partial charge >= 0.3 is 6.18 Å². The lowest BCUT2D eigenvalue weighted by Crippen LogP contribution is -2.49. The van der Waals surface area contributed by atoms with E-state index in [9.17, 15) is 13.2 Å². The molecule has 2 heterocycles. The van der Waals surface area contributed by atoms with Crippen LogP contribution in [0.2, 0.25) is 5.15 Å². The molecule has 0 N–H and O–H groups in total. The third kappa shape index (κ3) is 4.21. The highest BCUT2D eigenvalue weighted by molar-refractivity contribution is 6.29. The van der Waals surface area contributed by atoms with Crippen molar-refractivity contribution in [3.8, 4) is 0 Å². The number of halogens is 4. The summed E-state index contributed by atoms with van der Waals surface area (Å²) < 4.78 is 36.8. The van der Waals surface area contributed by atoms with Crippen LogP contribution in [0, 0.1) is 6.92 Å². The number of anilines is 1. The van der Waals surface area contributed by atoms with Crippen LogP contribution in [0.25, 0.3) is 0 Å². The molecule has 0 saturated carbocycles. The van der Waals surface area contributed by atoms with Crippen LogP contribution in [-0.2, 0) is 0 Å². The van der Waals surface area contributed by atoms with Gasteiger partial charge in [0, 0.05) is 32.2 Å². The third-order valence-electron chi connectivity index (χ3n) is 2.89. The fourth-order valence-electron chi connectivity index (χ4n) is 2.07. The lowest BCUT2D eigenvalue weighted by Gasteiger charge is -2.35. The molecular formula is C11H14ClF3N4. The molecule has 8 heteroatoms. The van der Waals surface area contributed by atoms with Crippen LogP contribution in [-0.4, -0.2) is 53.8 Å². The lowest BCUT2D eigenvalue weighted by atomic mass is 10.3. The molecule has 4 nitrogen and oxygen atoms in total. The summed E-state index contributed by atoms with van der Waals surface area (Å²) in [5, 5.41) is 0.347. The molecule has 0 radical (unpaired) electrons. The first kappa shape index (κ1) is 14.3. The Kier molecular flexibility index (Phi) is 4.15. The van der Waals surface area contributed by atoms with Gasteiger partial charge < -0.3 is 4.90 Å². The summed E-state index contributed by atoms with van der Waals surface area (Å²) in [6, 6.07) is 1.63. The zero-order valence-electron chi connectivity index (χ0n) is 10.4. The Hall–Kier alpha value is -1.08. The molecule has 1 saturated heterocycles. The second-order valence-corrected chi connectivity index (χ2v) is 4.86. The number of aryl methyl sites for hydroxylation is 1. The minimum Gasteiger partial charge on any atom is -0.354 e. The Morgan fingerprint density at radius 2 is 1.84 bits per heavy atom. The van der Waals surface area contributed by atoms with Gasteiger partial charge in [-0.15, -0.1) is 0 Å². The van der Waals surface area contributed by atoms with Gasteiger partial charge in [0.1, 0.15) is 16.8 Å². The fourth-order valence-corrected chi connectivity index (χ4v) is 2.29. The molecule has 0 aliphatic carbocycles. The van der Waals surface area contributed by atoms with E-state index in [1.807, 2.05) is 4.90 Å². The second kappa shape index (κ2) is 5.50. The van der Waals surface area contributed by atoms with Crippen LogP contribution in [0.5, 0.6) is 0 Å². The van der Waals surface area contributed by atoms with Crippen LogP contribution in [0.3, 0.4) is 0 Å². The minimum atomic E-state index is -4.14. The summed E-state index contributed by atoms with van der Waals surface area (Å²) in [7, 11) is 0. The van der Waals surface area contributed by atoms with Crippen molar-refractivity contribution in [1.29, 1.82) is 0 Å². The highest BCUT2D eigenvalue weighted by Crippen LogP contribution is 2.20. The largest absolute Gasteiger partial charge is 0.401 e. The standard InChI is InChI=1S/C11H14ClF3N4/c1-8-16-9(12)6-10(17-8)19-4-2-18(3-5-19)7-11(13,14)15/h6H,2-5,7H2,1H3. The molecule has 2 rings (SSSR count). The highest BCUT2D eigenvalue weighted by Gasteiger charge is 2.32. The van der Waals surface area contributed by atoms with Gasteiger partial charge in [-0.1, -0.05) is 11.6 Å². The van der Waals surface area contributed by atoms with E-state index in [2.05, 4.69) is 9.97 Å². The summed E-state index contributed by atoms with van der Waals surface area (Å²) in [5.41, 5.74) is 0. The van der Waals surface area contributed by atoms with Crippen molar-refractivity contribution in [2.45, 2.75) is 13.1 Å². The molecule has 0 atom stereocenters. The van der Waals surface area contributed by atoms with E-state index >= 15 is 0 Å². The fraction of sp³-hybridized carbons (Fsp3) is 0.636. The van der Waals surface area contributed by atoms with Gasteiger partial charge in [0.15, 0.2) is 0 Å². The number of nitrogens with zero attached hydrogens (tertiary/aromatic N) is 4. The predicted octanol–water partition coefficient (Wildman–Crippen LogP) is 2.12. The Bertz CT molecular complexity index is 424. The monoisotopic (exact) mass is 294 g/mol. The maximum atomic E-state index is 12.3. The van der Waals surface area contributed by atoms with Gasteiger partial charge in [-0.2, -0.15) is 13.2 Å². The summed E-state index contributed by atoms with van der Waals surface area (Å²) in [5.74, 6) is 1.23. The Labute approximate surface area is 114 Å². The maximum Gasteiger partial charge on any atom is 0.401 e. The van der Waals surface area contributed by atoms with Gasteiger partial charge in [-0.05, 0) is 6.92 Å². The smallest absolute Gasteiger partial charge is 0.354 e. The molecule has 0 bridgehead atoms. The SMILES string of the molecule is Cc1nc(Cl)cc(N2CCN(CC(F)(F)F)CC2)n1. The molecule has 1 aromatic rings. The van der Waals surface area contributed by atoms with Crippen LogP contribution in [0.1, 0.15) is 5.82 Å². The van der Waals surface area contributed by atoms with Crippen LogP contribution >= 0.6 is 11.6 Å². The zero-order chi connectivity index (χ0) is 14.0. The first-order valence-electron chi connectivity index (χ1n) is 5.89. The Morgan fingerprint density at radius 3 is 2.37 bits per heavy atom. The van der Waals surface area contributed by atoms with Crippen LogP contribution < -0.4 is 4.90 Å². The average Bonchev–Trinajstić information content (AvgIpc) is 2.26. The predicted molar refractivity (Wildman–Crippen MR) is 66.5 cm³/mol. The van der Waals surface area contributed by atoms with Gasteiger partial charge in [0.05, 0.1) is 6.54 Å². The van der Waals surface area contributed by atoms with E-state index < -0.39 is 12.7 Å². The third-order valence-corrected chi connectivity index (χ3v) is 3.09. The van der Waals surface area contributed by atoms with E-state index in [0.29, 0.717) is 43.0 Å². The maximum absolute atomic E-state index is 12.3. The lowest BCUT2D eigenvalue weighted by molar-refractivity contribution is -0.146. The number of alkyl halides is 3. The zero-order valence-corrected chi connectivity index (χ0v) is 11.2. The number of hydrogen-bond donors (Lipinski definition) is 0.